The van der Waals surface area contributed by atoms with Gasteiger partial charge in [-0.1, -0.05) is 11.6 Å². The van der Waals surface area contributed by atoms with Crippen LogP contribution in [0.1, 0.15) is 6.92 Å². The third-order valence-corrected chi connectivity index (χ3v) is 4.06. The van der Waals surface area contributed by atoms with Gasteiger partial charge in [0.15, 0.2) is 5.65 Å². The second-order valence-electron chi connectivity index (χ2n) is 4.28. The average molecular weight is 379 g/mol. The van der Waals surface area contributed by atoms with Crippen molar-refractivity contribution in [3.63, 3.8) is 0 Å². The number of anilines is 1. The summed E-state index contributed by atoms with van der Waals surface area (Å²) in [7, 11) is 0. The van der Waals surface area contributed by atoms with Crippen LogP contribution in [0.3, 0.4) is 0 Å². The van der Waals surface area contributed by atoms with E-state index < -0.39 is 0 Å². The first kappa shape index (κ1) is 12.4. The van der Waals surface area contributed by atoms with Crippen molar-refractivity contribution in [2.24, 2.45) is 0 Å². The van der Waals surface area contributed by atoms with Gasteiger partial charge >= 0.3 is 0 Å². The fraction of sp³-hybridized carbons (Fsp3) is 0.455. The van der Waals surface area contributed by atoms with Gasteiger partial charge in [-0.3, -0.25) is 0 Å². The number of morpholine rings is 1. The van der Waals surface area contributed by atoms with Gasteiger partial charge in [0.05, 0.1) is 29.0 Å². The first-order valence-corrected chi connectivity index (χ1v) is 7.16. The summed E-state index contributed by atoms with van der Waals surface area (Å²) in [4.78, 5) is 6.87. The zero-order valence-corrected chi connectivity index (χ0v) is 12.7. The van der Waals surface area contributed by atoms with Crippen molar-refractivity contribution in [1.29, 1.82) is 0 Å². The Morgan fingerprint density at radius 2 is 2.39 bits per heavy atom. The second-order valence-corrected chi connectivity index (χ2v) is 5.83. The Balaban J connectivity index is 2.08. The van der Waals surface area contributed by atoms with Crippen LogP contribution >= 0.6 is 34.2 Å². The molecule has 0 unspecified atom stereocenters. The van der Waals surface area contributed by atoms with Crippen LogP contribution in [-0.4, -0.2) is 40.4 Å². The molecule has 0 N–H and O–H groups in total. The molecule has 0 spiro atoms. The van der Waals surface area contributed by atoms with Crippen LogP contribution in [0, 0.1) is 3.57 Å². The molecule has 5 nitrogen and oxygen atoms in total. The molecule has 1 fully saturated rings. The molecule has 7 heteroatoms. The molecular weight excluding hydrogens is 367 g/mol. The summed E-state index contributed by atoms with van der Waals surface area (Å²) in [5.41, 5.74) is 0.803. The summed E-state index contributed by atoms with van der Waals surface area (Å²) in [6.07, 6.45) is 1.77. The van der Waals surface area contributed by atoms with E-state index in [1.165, 1.54) is 0 Å². The Kier molecular flexibility index (Phi) is 3.33. The lowest BCUT2D eigenvalue weighted by Gasteiger charge is -2.34. The van der Waals surface area contributed by atoms with Gasteiger partial charge in [0, 0.05) is 12.6 Å². The van der Waals surface area contributed by atoms with E-state index in [2.05, 4.69) is 44.5 Å². The molecule has 2 aromatic rings. The summed E-state index contributed by atoms with van der Waals surface area (Å²) < 4.78 is 8.09. The normalized spacial score (nSPS) is 20.6. The van der Waals surface area contributed by atoms with Crippen molar-refractivity contribution in [1.82, 2.24) is 14.6 Å². The molecule has 18 heavy (non-hydrogen) atoms. The van der Waals surface area contributed by atoms with Crippen LogP contribution in [0.25, 0.3) is 5.65 Å². The van der Waals surface area contributed by atoms with E-state index >= 15 is 0 Å². The highest BCUT2D eigenvalue weighted by atomic mass is 127. The molecule has 96 valence electrons. The lowest BCUT2D eigenvalue weighted by Crippen LogP contribution is -2.44. The zero-order valence-electron chi connectivity index (χ0n) is 9.81. The van der Waals surface area contributed by atoms with Crippen LogP contribution in [0.2, 0.25) is 5.15 Å². The third kappa shape index (κ3) is 2.06. The summed E-state index contributed by atoms with van der Waals surface area (Å²) in [5.74, 6) is 0.890. The number of hydrogen-bond acceptors (Lipinski definition) is 4. The number of fused-ring (bicyclic) bond motifs is 1. The Bertz CT molecular complexity index is 588. The molecule has 1 atom stereocenters. The molecule has 3 rings (SSSR count). The Hall–Kier alpha value is -0.600. The fourth-order valence-corrected chi connectivity index (χ4v) is 2.80. The fourth-order valence-electron chi connectivity index (χ4n) is 2.10. The van der Waals surface area contributed by atoms with E-state index in [1.807, 2.05) is 6.07 Å². The number of aromatic nitrogens is 3. The summed E-state index contributed by atoms with van der Waals surface area (Å²) in [5, 5.41) is 4.77. The van der Waals surface area contributed by atoms with Crippen LogP contribution < -0.4 is 4.90 Å². The van der Waals surface area contributed by atoms with E-state index in [9.17, 15) is 0 Å². The van der Waals surface area contributed by atoms with Crippen molar-refractivity contribution in [3.8, 4) is 0 Å². The highest BCUT2D eigenvalue weighted by Gasteiger charge is 2.21. The number of halogens is 2. The molecule has 2 aromatic heterocycles. The van der Waals surface area contributed by atoms with Gasteiger partial charge < -0.3 is 9.64 Å². The molecule has 0 amide bonds. The predicted molar refractivity (Wildman–Crippen MR) is 78.3 cm³/mol. The predicted octanol–water partition coefficient (Wildman–Crippen LogP) is 2.21. The maximum Gasteiger partial charge on any atom is 0.172 e. The van der Waals surface area contributed by atoms with E-state index in [4.69, 9.17) is 16.3 Å². The summed E-state index contributed by atoms with van der Waals surface area (Å²) in [6, 6.07) is 2.17. The van der Waals surface area contributed by atoms with E-state index in [1.54, 1.807) is 10.7 Å². The van der Waals surface area contributed by atoms with Gasteiger partial charge in [-0.05, 0) is 29.5 Å². The first-order chi connectivity index (χ1) is 8.66. The van der Waals surface area contributed by atoms with Crippen LogP contribution in [0.5, 0.6) is 0 Å². The van der Waals surface area contributed by atoms with Crippen molar-refractivity contribution < 1.29 is 4.74 Å². The Labute approximate surface area is 123 Å². The number of ether oxygens (including phenoxy) is 1. The number of hydrogen-bond donors (Lipinski definition) is 0. The van der Waals surface area contributed by atoms with Crippen LogP contribution in [-0.2, 0) is 4.74 Å². The van der Waals surface area contributed by atoms with Crippen molar-refractivity contribution in [2.75, 3.05) is 24.7 Å². The zero-order chi connectivity index (χ0) is 12.7. The number of nitrogens with zero attached hydrogens (tertiary/aromatic N) is 4. The molecule has 3 heterocycles. The molecule has 0 bridgehead atoms. The monoisotopic (exact) mass is 378 g/mol. The van der Waals surface area contributed by atoms with Gasteiger partial charge in [0.2, 0.25) is 0 Å². The number of rotatable bonds is 1. The smallest absolute Gasteiger partial charge is 0.172 e. The lowest BCUT2D eigenvalue weighted by molar-refractivity contribution is 0.0985. The molecule has 0 aliphatic carbocycles. The highest BCUT2D eigenvalue weighted by Crippen LogP contribution is 2.24. The van der Waals surface area contributed by atoms with Crippen molar-refractivity contribution in [3.05, 3.63) is 21.0 Å². The van der Waals surface area contributed by atoms with E-state index in [0.29, 0.717) is 11.2 Å². The van der Waals surface area contributed by atoms with Gasteiger partial charge in [0.1, 0.15) is 11.0 Å². The SMILES string of the molecule is C[C@@H]1COCCN1c1cc(Cl)n2ncc(I)c2n1. The maximum atomic E-state index is 6.24. The van der Waals surface area contributed by atoms with Crippen LogP contribution in [0.15, 0.2) is 12.3 Å². The second kappa shape index (κ2) is 4.82. The topological polar surface area (TPSA) is 42.7 Å². The van der Waals surface area contributed by atoms with Gasteiger partial charge in [0.25, 0.3) is 0 Å². The van der Waals surface area contributed by atoms with E-state index in [-0.39, 0.29) is 0 Å². The minimum atomic E-state index is 0.311. The molecule has 1 saturated heterocycles. The van der Waals surface area contributed by atoms with Gasteiger partial charge in [-0.15, -0.1) is 0 Å². The molecule has 1 aliphatic heterocycles. The largest absolute Gasteiger partial charge is 0.377 e. The van der Waals surface area contributed by atoms with Crippen molar-refractivity contribution >= 4 is 45.7 Å². The quantitative estimate of drug-likeness (QED) is 0.564. The minimum absolute atomic E-state index is 0.311. The molecule has 0 radical (unpaired) electrons. The standard InChI is InChI=1S/C11H12ClIN4O/c1-7-6-18-3-2-16(7)10-4-9(12)17-11(15-10)8(13)5-14-17/h4-5,7H,2-3,6H2,1H3/t7-/m1/s1. The summed E-state index contributed by atoms with van der Waals surface area (Å²) in [6.45, 7) is 4.41. The lowest BCUT2D eigenvalue weighted by atomic mass is 10.2. The van der Waals surface area contributed by atoms with Gasteiger partial charge in [-0.25, -0.2) is 9.50 Å². The third-order valence-electron chi connectivity index (χ3n) is 3.03. The van der Waals surface area contributed by atoms with Crippen molar-refractivity contribution in [2.45, 2.75) is 13.0 Å². The van der Waals surface area contributed by atoms with E-state index in [0.717, 1.165) is 34.8 Å². The first-order valence-electron chi connectivity index (χ1n) is 5.71. The molecule has 0 saturated carbocycles. The average Bonchev–Trinajstić information content (AvgIpc) is 2.72. The maximum absolute atomic E-state index is 6.24. The minimum Gasteiger partial charge on any atom is -0.377 e. The Morgan fingerprint density at radius 1 is 1.56 bits per heavy atom. The molecule has 0 aromatic carbocycles. The summed E-state index contributed by atoms with van der Waals surface area (Å²) >= 11 is 8.46. The Morgan fingerprint density at radius 3 is 3.17 bits per heavy atom. The molecular formula is C11H12ClIN4O. The highest BCUT2D eigenvalue weighted by molar-refractivity contribution is 14.1. The van der Waals surface area contributed by atoms with Gasteiger partial charge in [-0.2, -0.15) is 5.10 Å². The van der Waals surface area contributed by atoms with Crippen LogP contribution in [0.4, 0.5) is 5.82 Å². The molecule has 1 aliphatic rings.